The molecule has 0 spiro atoms. The number of ether oxygens (including phenoxy) is 2. The standard InChI is InChI=1S/C23H24N2O3/c1-15-4-13-21-20(14-15)22(24-16-5-9-18(27-2)10-6-16)23(26)25(21)17-7-11-19(28-3)12-8-17/h5-13,15,24H,4,14H2,1-3H3/t15-/m1/s1. The Hall–Kier alpha value is -3.21. The van der Waals surface area contributed by atoms with Crippen molar-refractivity contribution in [1.29, 1.82) is 0 Å². The lowest BCUT2D eigenvalue weighted by Crippen LogP contribution is -2.27. The monoisotopic (exact) mass is 376 g/mol. The molecule has 2 aromatic carbocycles. The van der Waals surface area contributed by atoms with E-state index in [4.69, 9.17) is 9.47 Å². The van der Waals surface area contributed by atoms with E-state index in [9.17, 15) is 4.79 Å². The topological polar surface area (TPSA) is 50.8 Å². The largest absolute Gasteiger partial charge is 0.497 e. The van der Waals surface area contributed by atoms with Crippen molar-refractivity contribution < 1.29 is 14.3 Å². The highest BCUT2D eigenvalue weighted by molar-refractivity contribution is 6.15. The van der Waals surface area contributed by atoms with E-state index in [-0.39, 0.29) is 5.91 Å². The summed E-state index contributed by atoms with van der Waals surface area (Å²) in [6, 6.07) is 15.2. The molecule has 0 fully saturated rings. The summed E-state index contributed by atoms with van der Waals surface area (Å²) in [5.74, 6) is 2.03. The van der Waals surface area contributed by atoms with Crippen molar-refractivity contribution in [3.05, 3.63) is 71.6 Å². The second-order valence-electron chi connectivity index (χ2n) is 7.18. The van der Waals surface area contributed by atoms with Gasteiger partial charge in [-0.05, 0) is 67.3 Å². The molecule has 0 radical (unpaired) electrons. The van der Waals surface area contributed by atoms with Crippen molar-refractivity contribution in [2.24, 2.45) is 5.92 Å². The molecule has 5 nitrogen and oxygen atoms in total. The minimum atomic E-state index is -0.0312. The predicted octanol–water partition coefficient (Wildman–Crippen LogP) is 4.73. The third kappa shape index (κ3) is 3.24. The van der Waals surface area contributed by atoms with Crippen LogP contribution in [0, 0.1) is 5.92 Å². The van der Waals surface area contributed by atoms with Crippen LogP contribution in [0.2, 0.25) is 0 Å². The van der Waals surface area contributed by atoms with Crippen LogP contribution >= 0.6 is 0 Å². The first-order valence-corrected chi connectivity index (χ1v) is 9.44. The molecule has 1 amide bonds. The summed E-state index contributed by atoms with van der Waals surface area (Å²) in [4.78, 5) is 15.2. The molecule has 1 atom stereocenters. The van der Waals surface area contributed by atoms with Gasteiger partial charge in [0.15, 0.2) is 0 Å². The number of hydrogen-bond acceptors (Lipinski definition) is 4. The maximum absolute atomic E-state index is 13.4. The summed E-state index contributed by atoms with van der Waals surface area (Å²) in [6.07, 6.45) is 4.02. The molecule has 2 aromatic rings. The molecule has 0 aromatic heterocycles. The molecular weight excluding hydrogens is 352 g/mol. The van der Waals surface area contributed by atoms with E-state index in [0.717, 1.165) is 47.0 Å². The van der Waals surface area contributed by atoms with E-state index >= 15 is 0 Å². The molecule has 0 bridgehead atoms. The highest BCUT2D eigenvalue weighted by Crippen LogP contribution is 2.41. The summed E-state index contributed by atoms with van der Waals surface area (Å²) in [6.45, 7) is 2.21. The van der Waals surface area contributed by atoms with Crippen LogP contribution in [-0.4, -0.2) is 20.1 Å². The minimum absolute atomic E-state index is 0.0312. The van der Waals surface area contributed by atoms with Crippen LogP contribution in [0.15, 0.2) is 71.6 Å². The van der Waals surface area contributed by atoms with Gasteiger partial charge in [0.1, 0.15) is 17.2 Å². The van der Waals surface area contributed by atoms with Gasteiger partial charge in [0, 0.05) is 16.9 Å². The maximum atomic E-state index is 13.4. The predicted molar refractivity (Wildman–Crippen MR) is 111 cm³/mol. The molecule has 2 aliphatic rings. The van der Waals surface area contributed by atoms with E-state index < -0.39 is 0 Å². The van der Waals surface area contributed by atoms with Crippen molar-refractivity contribution in [3.8, 4) is 11.5 Å². The Labute approximate surface area is 165 Å². The van der Waals surface area contributed by atoms with E-state index in [2.05, 4.69) is 18.3 Å². The Bertz CT molecular complexity index is 943. The zero-order valence-electron chi connectivity index (χ0n) is 16.4. The number of nitrogens with one attached hydrogen (secondary N) is 1. The first kappa shape index (κ1) is 18.2. The highest BCUT2D eigenvalue weighted by atomic mass is 16.5. The van der Waals surface area contributed by atoms with Crippen LogP contribution in [0.3, 0.4) is 0 Å². The highest BCUT2D eigenvalue weighted by Gasteiger charge is 2.38. The summed E-state index contributed by atoms with van der Waals surface area (Å²) >= 11 is 0. The Morgan fingerprint density at radius 2 is 1.57 bits per heavy atom. The van der Waals surface area contributed by atoms with Crippen LogP contribution in [0.25, 0.3) is 0 Å². The van der Waals surface area contributed by atoms with E-state index in [0.29, 0.717) is 11.6 Å². The molecule has 1 aliphatic carbocycles. The zero-order valence-corrected chi connectivity index (χ0v) is 16.4. The van der Waals surface area contributed by atoms with Gasteiger partial charge in [-0.3, -0.25) is 9.69 Å². The molecular formula is C23H24N2O3. The third-order valence-corrected chi connectivity index (χ3v) is 5.22. The molecule has 28 heavy (non-hydrogen) atoms. The van der Waals surface area contributed by atoms with Crippen LogP contribution in [0.5, 0.6) is 11.5 Å². The van der Waals surface area contributed by atoms with Crippen LogP contribution in [0.4, 0.5) is 11.4 Å². The van der Waals surface area contributed by atoms with Crippen molar-refractivity contribution in [3.63, 3.8) is 0 Å². The average molecular weight is 376 g/mol. The van der Waals surface area contributed by atoms with Gasteiger partial charge in [-0.2, -0.15) is 0 Å². The normalized spacial score (nSPS) is 18.7. The molecule has 0 saturated carbocycles. The Morgan fingerprint density at radius 1 is 0.964 bits per heavy atom. The first-order valence-electron chi connectivity index (χ1n) is 9.44. The molecule has 144 valence electrons. The van der Waals surface area contributed by atoms with Gasteiger partial charge in [0.25, 0.3) is 5.91 Å². The van der Waals surface area contributed by atoms with E-state index in [1.165, 1.54) is 0 Å². The number of rotatable bonds is 5. The van der Waals surface area contributed by atoms with Crippen LogP contribution < -0.4 is 19.7 Å². The van der Waals surface area contributed by atoms with Gasteiger partial charge in [-0.15, -0.1) is 0 Å². The molecule has 1 heterocycles. The smallest absolute Gasteiger partial charge is 0.279 e. The van der Waals surface area contributed by atoms with Crippen molar-refractivity contribution in [1.82, 2.24) is 0 Å². The second kappa shape index (κ2) is 7.43. The lowest BCUT2D eigenvalue weighted by atomic mass is 9.90. The fourth-order valence-corrected chi connectivity index (χ4v) is 3.71. The number of carbonyl (C=O) groups excluding carboxylic acids is 1. The molecule has 1 N–H and O–H groups in total. The third-order valence-electron chi connectivity index (χ3n) is 5.22. The Morgan fingerprint density at radius 3 is 2.18 bits per heavy atom. The summed E-state index contributed by atoms with van der Waals surface area (Å²) in [5, 5.41) is 3.35. The van der Waals surface area contributed by atoms with E-state index in [1.807, 2.05) is 48.5 Å². The molecule has 1 aliphatic heterocycles. The Kier molecular flexibility index (Phi) is 4.82. The number of anilines is 2. The summed E-state index contributed by atoms with van der Waals surface area (Å²) in [5.41, 5.74) is 4.43. The molecule has 0 unspecified atom stereocenters. The summed E-state index contributed by atoms with van der Waals surface area (Å²) < 4.78 is 10.5. The zero-order chi connectivity index (χ0) is 19.7. The maximum Gasteiger partial charge on any atom is 0.279 e. The quantitative estimate of drug-likeness (QED) is 0.820. The fourth-order valence-electron chi connectivity index (χ4n) is 3.71. The number of allylic oxidation sites excluding steroid dienone is 2. The Balaban J connectivity index is 1.69. The van der Waals surface area contributed by atoms with Crippen LogP contribution in [-0.2, 0) is 4.79 Å². The van der Waals surface area contributed by atoms with Gasteiger partial charge in [-0.25, -0.2) is 0 Å². The van der Waals surface area contributed by atoms with Crippen molar-refractivity contribution in [2.75, 3.05) is 24.4 Å². The molecule has 0 saturated heterocycles. The molecule has 5 heteroatoms. The van der Waals surface area contributed by atoms with Gasteiger partial charge >= 0.3 is 0 Å². The SMILES string of the molecule is COc1ccc(NC2=C3C[C@H](C)CC=C3N(c3ccc(OC)cc3)C2=O)cc1. The van der Waals surface area contributed by atoms with Crippen LogP contribution in [0.1, 0.15) is 19.8 Å². The number of benzene rings is 2. The van der Waals surface area contributed by atoms with Gasteiger partial charge in [-0.1, -0.05) is 13.0 Å². The first-order chi connectivity index (χ1) is 13.6. The van der Waals surface area contributed by atoms with E-state index in [1.54, 1.807) is 19.1 Å². The summed E-state index contributed by atoms with van der Waals surface area (Å²) in [7, 11) is 3.28. The lowest BCUT2D eigenvalue weighted by molar-refractivity contribution is -0.114. The number of amides is 1. The van der Waals surface area contributed by atoms with Gasteiger partial charge in [0.05, 0.1) is 19.9 Å². The minimum Gasteiger partial charge on any atom is -0.497 e. The van der Waals surface area contributed by atoms with Crippen molar-refractivity contribution >= 4 is 17.3 Å². The fraction of sp³-hybridized carbons (Fsp3) is 0.261. The number of nitrogens with zero attached hydrogens (tertiary/aromatic N) is 1. The number of carbonyl (C=O) groups is 1. The van der Waals surface area contributed by atoms with Crippen molar-refractivity contribution in [2.45, 2.75) is 19.8 Å². The number of hydrogen-bond donors (Lipinski definition) is 1. The molecule has 4 rings (SSSR count). The number of methoxy groups -OCH3 is 2. The van der Waals surface area contributed by atoms with Gasteiger partial charge in [0.2, 0.25) is 0 Å². The second-order valence-corrected chi connectivity index (χ2v) is 7.18. The average Bonchev–Trinajstić information content (AvgIpc) is 2.99. The lowest BCUT2D eigenvalue weighted by Gasteiger charge is -2.24. The number of fused-ring (bicyclic) bond motifs is 1. The van der Waals surface area contributed by atoms with Gasteiger partial charge < -0.3 is 14.8 Å².